The van der Waals surface area contributed by atoms with Gasteiger partial charge in [0.25, 0.3) is 5.91 Å². The van der Waals surface area contributed by atoms with Crippen LogP contribution in [0.4, 0.5) is 0 Å². The van der Waals surface area contributed by atoms with E-state index in [-0.39, 0.29) is 23.6 Å². The molecule has 31 heavy (non-hydrogen) atoms. The van der Waals surface area contributed by atoms with Crippen molar-refractivity contribution in [3.8, 4) is 22.8 Å². The first-order valence-corrected chi connectivity index (χ1v) is 10.9. The normalized spacial score (nSPS) is 16.1. The van der Waals surface area contributed by atoms with Crippen molar-refractivity contribution in [1.29, 1.82) is 0 Å². The average molecular weight is 428 g/mol. The second-order valence-corrected chi connectivity index (χ2v) is 8.06. The van der Waals surface area contributed by atoms with Crippen molar-refractivity contribution in [2.24, 2.45) is 0 Å². The first-order valence-electron chi connectivity index (χ1n) is 10.9. The van der Waals surface area contributed by atoms with Crippen molar-refractivity contribution in [3.63, 3.8) is 0 Å². The minimum absolute atomic E-state index is 0.125. The van der Waals surface area contributed by atoms with Crippen LogP contribution in [0.15, 0.2) is 28.8 Å². The summed E-state index contributed by atoms with van der Waals surface area (Å²) in [7, 11) is 3.15. The maximum Gasteiger partial charge on any atom is 0.276 e. The standard InChI is InChI=1S/C23H29N3O5/c1-29-17-8-9-20(30-2)18(14-17)21-15-19(24-31-21)23(28)26(16-6-7-16)13-10-22(27)25-11-4-3-5-12-25/h8-9,14-16H,3-7,10-13H2,1-2H3. The maximum atomic E-state index is 13.2. The van der Waals surface area contributed by atoms with Gasteiger partial charge in [0.15, 0.2) is 11.5 Å². The Morgan fingerprint density at radius 2 is 1.90 bits per heavy atom. The highest BCUT2D eigenvalue weighted by Gasteiger charge is 2.35. The van der Waals surface area contributed by atoms with E-state index in [0.717, 1.165) is 38.8 Å². The molecule has 4 rings (SSSR count). The van der Waals surface area contributed by atoms with Crippen molar-refractivity contribution in [1.82, 2.24) is 15.0 Å². The van der Waals surface area contributed by atoms with E-state index in [1.807, 2.05) is 4.90 Å². The number of benzene rings is 1. The molecule has 1 aromatic heterocycles. The maximum absolute atomic E-state index is 13.2. The van der Waals surface area contributed by atoms with E-state index in [2.05, 4.69) is 5.16 Å². The molecular weight excluding hydrogens is 398 g/mol. The van der Waals surface area contributed by atoms with Gasteiger partial charge in [-0.3, -0.25) is 9.59 Å². The predicted octanol–water partition coefficient (Wildman–Crippen LogP) is 3.37. The van der Waals surface area contributed by atoms with Crippen molar-refractivity contribution < 1.29 is 23.6 Å². The molecular formula is C23H29N3O5. The zero-order valence-corrected chi connectivity index (χ0v) is 18.1. The molecule has 1 aliphatic heterocycles. The molecule has 2 aliphatic rings. The molecule has 2 heterocycles. The Kier molecular flexibility index (Phi) is 6.44. The Morgan fingerprint density at radius 3 is 2.58 bits per heavy atom. The molecule has 1 aliphatic carbocycles. The van der Waals surface area contributed by atoms with Crippen molar-refractivity contribution >= 4 is 11.8 Å². The van der Waals surface area contributed by atoms with Gasteiger partial charge in [0, 0.05) is 38.2 Å². The molecule has 0 bridgehead atoms. The summed E-state index contributed by atoms with van der Waals surface area (Å²) in [5.74, 6) is 1.60. The lowest BCUT2D eigenvalue weighted by Gasteiger charge is -2.28. The number of carbonyl (C=O) groups excluding carboxylic acids is 2. The molecule has 0 radical (unpaired) electrons. The summed E-state index contributed by atoms with van der Waals surface area (Å²) in [5, 5.41) is 4.01. The second-order valence-electron chi connectivity index (χ2n) is 8.06. The number of ether oxygens (including phenoxy) is 2. The van der Waals surface area contributed by atoms with Crippen LogP contribution in [0, 0.1) is 0 Å². The molecule has 2 aromatic rings. The number of rotatable bonds is 8. The van der Waals surface area contributed by atoms with Gasteiger partial charge < -0.3 is 23.8 Å². The molecule has 0 N–H and O–H groups in total. The summed E-state index contributed by atoms with van der Waals surface area (Å²) in [6.07, 6.45) is 5.56. The quantitative estimate of drug-likeness (QED) is 0.642. The fraction of sp³-hybridized carbons (Fsp3) is 0.522. The highest BCUT2D eigenvalue weighted by Crippen LogP contribution is 2.34. The van der Waals surface area contributed by atoms with Crippen LogP contribution >= 0.6 is 0 Å². The number of piperidine rings is 1. The Hall–Kier alpha value is -3.03. The third-order valence-corrected chi connectivity index (χ3v) is 5.93. The Labute approximate surface area is 182 Å². The SMILES string of the molecule is COc1ccc(OC)c(-c2cc(C(=O)N(CCC(=O)N3CCCCC3)C3CC3)no2)c1. The molecule has 8 heteroatoms. The molecule has 2 amide bonds. The largest absolute Gasteiger partial charge is 0.497 e. The van der Waals surface area contributed by atoms with Crippen LogP contribution in [0.3, 0.4) is 0 Å². The molecule has 1 aromatic carbocycles. The molecule has 2 fully saturated rings. The fourth-order valence-corrected chi connectivity index (χ4v) is 4.01. The minimum atomic E-state index is -0.203. The van der Waals surface area contributed by atoms with Crippen LogP contribution in [0.25, 0.3) is 11.3 Å². The lowest BCUT2D eigenvalue weighted by atomic mass is 10.1. The highest BCUT2D eigenvalue weighted by atomic mass is 16.5. The van der Waals surface area contributed by atoms with Gasteiger partial charge in [-0.15, -0.1) is 0 Å². The van der Waals surface area contributed by atoms with Crippen LogP contribution in [-0.4, -0.2) is 66.7 Å². The minimum Gasteiger partial charge on any atom is -0.497 e. The van der Waals surface area contributed by atoms with E-state index < -0.39 is 0 Å². The number of nitrogens with zero attached hydrogens (tertiary/aromatic N) is 3. The molecule has 166 valence electrons. The van der Waals surface area contributed by atoms with Gasteiger partial charge in [-0.05, 0) is 50.3 Å². The topological polar surface area (TPSA) is 85.1 Å². The Morgan fingerprint density at radius 1 is 1.13 bits per heavy atom. The van der Waals surface area contributed by atoms with E-state index in [1.54, 1.807) is 43.4 Å². The van der Waals surface area contributed by atoms with Gasteiger partial charge in [-0.25, -0.2) is 0 Å². The molecule has 1 saturated heterocycles. The number of amides is 2. The average Bonchev–Trinajstić information content (AvgIpc) is 3.53. The van der Waals surface area contributed by atoms with Crippen LogP contribution < -0.4 is 9.47 Å². The molecule has 0 spiro atoms. The summed E-state index contributed by atoms with van der Waals surface area (Å²) in [6.45, 7) is 2.06. The lowest BCUT2D eigenvalue weighted by molar-refractivity contribution is -0.132. The number of hydrogen-bond donors (Lipinski definition) is 0. The van der Waals surface area contributed by atoms with E-state index in [0.29, 0.717) is 35.8 Å². The summed E-state index contributed by atoms with van der Waals surface area (Å²) < 4.78 is 16.2. The highest BCUT2D eigenvalue weighted by molar-refractivity contribution is 5.94. The molecule has 0 atom stereocenters. The first-order chi connectivity index (χ1) is 15.1. The smallest absolute Gasteiger partial charge is 0.276 e. The summed E-state index contributed by atoms with van der Waals surface area (Å²) >= 11 is 0. The number of methoxy groups -OCH3 is 2. The monoisotopic (exact) mass is 427 g/mol. The van der Waals surface area contributed by atoms with E-state index >= 15 is 0 Å². The lowest BCUT2D eigenvalue weighted by Crippen LogP contribution is -2.40. The Balaban J connectivity index is 1.47. The van der Waals surface area contributed by atoms with Crippen LogP contribution in [0.2, 0.25) is 0 Å². The van der Waals surface area contributed by atoms with Crippen molar-refractivity contribution in [2.45, 2.75) is 44.6 Å². The molecule has 0 unspecified atom stereocenters. The molecule has 1 saturated carbocycles. The van der Waals surface area contributed by atoms with Crippen LogP contribution in [0.1, 0.15) is 49.0 Å². The molecule has 8 nitrogen and oxygen atoms in total. The van der Waals surface area contributed by atoms with Gasteiger partial charge in [0.05, 0.1) is 19.8 Å². The first kappa shape index (κ1) is 21.2. The van der Waals surface area contributed by atoms with Crippen LogP contribution in [0.5, 0.6) is 11.5 Å². The van der Waals surface area contributed by atoms with E-state index in [1.165, 1.54) is 6.42 Å². The third-order valence-electron chi connectivity index (χ3n) is 5.93. The Bertz CT molecular complexity index is 931. The third kappa shape index (κ3) is 4.84. The van der Waals surface area contributed by atoms with Gasteiger partial charge >= 0.3 is 0 Å². The van der Waals surface area contributed by atoms with Gasteiger partial charge in [0.2, 0.25) is 5.91 Å². The number of hydrogen-bond acceptors (Lipinski definition) is 6. The summed E-state index contributed by atoms with van der Waals surface area (Å²) in [6, 6.07) is 7.15. The summed E-state index contributed by atoms with van der Waals surface area (Å²) in [4.78, 5) is 29.4. The number of aromatic nitrogens is 1. The zero-order chi connectivity index (χ0) is 21.8. The van der Waals surface area contributed by atoms with Gasteiger partial charge in [0.1, 0.15) is 11.5 Å². The van der Waals surface area contributed by atoms with E-state index in [4.69, 9.17) is 14.0 Å². The zero-order valence-electron chi connectivity index (χ0n) is 18.1. The van der Waals surface area contributed by atoms with Crippen LogP contribution in [-0.2, 0) is 4.79 Å². The van der Waals surface area contributed by atoms with Crippen molar-refractivity contribution in [2.75, 3.05) is 33.9 Å². The van der Waals surface area contributed by atoms with Gasteiger partial charge in [-0.1, -0.05) is 5.16 Å². The van der Waals surface area contributed by atoms with Crippen molar-refractivity contribution in [3.05, 3.63) is 30.0 Å². The predicted molar refractivity (Wildman–Crippen MR) is 114 cm³/mol. The summed E-state index contributed by atoms with van der Waals surface area (Å²) in [5.41, 5.74) is 0.892. The number of carbonyl (C=O) groups is 2. The number of likely N-dealkylation sites (tertiary alicyclic amines) is 1. The van der Waals surface area contributed by atoms with Gasteiger partial charge in [-0.2, -0.15) is 0 Å². The fourth-order valence-electron chi connectivity index (χ4n) is 4.01. The second kappa shape index (κ2) is 9.41. The van der Waals surface area contributed by atoms with E-state index in [9.17, 15) is 9.59 Å².